The summed E-state index contributed by atoms with van der Waals surface area (Å²) in [6.07, 6.45) is 3.41. The first kappa shape index (κ1) is 9.16. The first-order valence-electron chi connectivity index (χ1n) is 5.16. The number of ketones is 1. The summed E-state index contributed by atoms with van der Waals surface area (Å²) in [6.45, 7) is 1.94. The molecule has 0 heterocycles. The summed E-state index contributed by atoms with van der Waals surface area (Å²) in [5.74, 6) is 0.240. The predicted octanol–water partition coefficient (Wildman–Crippen LogP) is 3.06. The Bertz CT molecular complexity index is 651. The van der Waals surface area contributed by atoms with Gasteiger partial charge in [-0.25, -0.2) is 0 Å². The molecule has 0 amide bonds. The van der Waals surface area contributed by atoms with Crippen LogP contribution in [0.5, 0.6) is 5.75 Å². The molecular weight excluding hydrogens is 200 g/mol. The fourth-order valence-corrected chi connectivity index (χ4v) is 2.28. The van der Waals surface area contributed by atoms with E-state index in [1.54, 1.807) is 24.3 Å². The molecule has 0 saturated carbocycles. The van der Waals surface area contributed by atoms with Gasteiger partial charge in [0.2, 0.25) is 0 Å². The second-order valence-electron chi connectivity index (χ2n) is 4.05. The van der Waals surface area contributed by atoms with Crippen molar-refractivity contribution >= 4 is 22.6 Å². The predicted molar refractivity (Wildman–Crippen MR) is 63.7 cm³/mol. The molecule has 2 nitrogen and oxygen atoms in total. The second kappa shape index (κ2) is 2.95. The highest BCUT2D eigenvalue weighted by molar-refractivity contribution is 6.20. The molecule has 0 saturated heterocycles. The lowest BCUT2D eigenvalue weighted by molar-refractivity contribution is 0.104. The largest absolute Gasteiger partial charge is 0.507 e. The van der Waals surface area contributed by atoms with Crippen LogP contribution in [0.1, 0.15) is 21.5 Å². The van der Waals surface area contributed by atoms with Gasteiger partial charge in [-0.15, -0.1) is 0 Å². The summed E-state index contributed by atoms with van der Waals surface area (Å²) in [4.78, 5) is 11.7. The minimum absolute atomic E-state index is 0.00287. The van der Waals surface area contributed by atoms with Crippen molar-refractivity contribution in [2.75, 3.05) is 0 Å². The topological polar surface area (TPSA) is 37.3 Å². The zero-order valence-electron chi connectivity index (χ0n) is 8.82. The van der Waals surface area contributed by atoms with Crippen LogP contribution < -0.4 is 0 Å². The van der Waals surface area contributed by atoms with E-state index in [9.17, 15) is 9.90 Å². The Kier molecular flexibility index (Phi) is 1.69. The summed E-state index contributed by atoms with van der Waals surface area (Å²) in [6, 6.07) is 7.18. The standard InChI is InChI=1S/C14H10O2/c1-8-7-13(16)11-4-2-3-10-12(15)6-5-9(8)14(10)11/h2-7,16H,1H3. The second-order valence-corrected chi connectivity index (χ2v) is 4.05. The Morgan fingerprint density at radius 1 is 1.19 bits per heavy atom. The summed E-state index contributed by atoms with van der Waals surface area (Å²) in [5, 5.41) is 11.5. The van der Waals surface area contributed by atoms with E-state index in [4.69, 9.17) is 0 Å². The maximum Gasteiger partial charge on any atom is 0.186 e. The third-order valence-electron chi connectivity index (χ3n) is 3.05. The van der Waals surface area contributed by atoms with E-state index in [1.807, 2.05) is 19.1 Å². The van der Waals surface area contributed by atoms with Gasteiger partial charge in [0, 0.05) is 16.3 Å². The van der Waals surface area contributed by atoms with Gasteiger partial charge in [0.05, 0.1) is 0 Å². The van der Waals surface area contributed by atoms with Gasteiger partial charge in [0.1, 0.15) is 5.75 Å². The van der Waals surface area contributed by atoms with Crippen LogP contribution in [0.2, 0.25) is 0 Å². The van der Waals surface area contributed by atoms with E-state index in [2.05, 4.69) is 0 Å². The molecular formula is C14H10O2. The molecule has 2 heteroatoms. The van der Waals surface area contributed by atoms with Crippen molar-refractivity contribution in [2.45, 2.75) is 6.92 Å². The minimum Gasteiger partial charge on any atom is -0.507 e. The molecule has 0 aliphatic heterocycles. The summed E-state index contributed by atoms with van der Waals surface area (Å²) in [5.41, 5.74) is 2.69. The van der Waals surface area contributed by atoms with Crippen LogP contribution in [0, 0.1) is 6.92 Å². The Labute approximate surface area is 92.8 Å². The molecule has 0 atom stereocenters. The number of aryl methyl sites for hydroxylation is 1. The van der Waals surface area contributed by atoms with Gasteiger partial charge < -0.3 is 5.11 Å². The molecule has 1 aliphatic carbocycles. The molecule has 0 aromatic heterocycles. The molecule has 2 aromatic rings. The number of carbonyl (C=O) groups excluding carboxylic acids is 1. The molecule has 0 fully saturated rings. The Hall–Kier alpha value is -2.09. The van der Waals surface area contributed by atoms with Gasteiger partial charge in [0.15, 0.2) is 5.78 Å². The normalized spacial score (nSPS) is 13.4. The molecule has 16 heavy (non-hydrogen) atoms. The van der Waals surface area contributed by atoms with E-state index in [-0.39, 0.29) is 11.5 Å². The number of benzene rings is 2. The van der Waals surface area contributed by atoms with Crippen LogP contribution in [0.4, 0.5) is 0 Å². The van der Waals surface area contributed by atoms with Crippen LogP contribution in [-0.4, -0.2) is 10.9 Å². The van der Waals surface area contributed by atoms with Crippen molar-refractivity contribution in [2.24, 2.45) is 0 Å². The van der Waals surface area contributed by atoms with Crippen LogP contribution in [-0.2, 0) is 0 Å². The number of phenols is 1. The lowest BCUT2D eigenvalue weighted by Gasteiger charge is -2.14. The first-order valence-corrected chi connectivity index (χ1v) is 5.16. The molecule has 78 valence electrons. The molecule has 0 radical (unpaired) electrons. The maximum absolute atomic E-state index is 11.7. The van der Waals surface area contributed by atoms with Crippen molar-refractivity contribution in [1.82, 2.24) is 0 Å². The van der Waals surface area contributed by atoms with Crippen molar-refractivity contribution in [3.05, 3.63) is 47.0 Å². The van der Waals surface area contributed by atoms with Crippen molar-refractivity contribution in [3.8, 4) is 5.75 Å². The lowest BCUT2D eigenvalue weighted by atomic mass is 9.89. The molecule has 0 bridgehead atoms. The van der Waals surface area contributed by atoms with Crippen LogP contribution in [0.3, 0.4) is 0 Å². The lowest BCUT2D eigenvalue weighted by Crippen LogP contribution is -2.02. The summed E-state index contributed by atoms with van der Waals surface area (Å²) >= 11 is 0. The van der Waals surface area contributed by atoms with Gasteiger partial charge >= 0.3 is 0 Å². The number of hydrogen-bond donors (Lipinski definition) is 1. The molecule has 1 N–H and O–H groups in total. The Balaban J connectivity index is 2.61. The number of phenolic OH excluding ortho intramolecular Hbond substituents is 1. The van der Waals surface area contributed by atoms with Gasteiger partial charge in [-0.3, -0.25) is 4.79 Å². The van der Waals surface area contributed by atoms with Gasteiger partial charge in [-0.1, -0.05) is 24.3 Å². The van der Waals surface area contributed by atoms with E-state index in [0.717, 1.165) is 21.9 Å². The van der Waals surface area contributed by atoms with Gasteiger partial charge in [-0.2, -0.15) is 0 Å². The van der Waals surface area contributed by atoms with Crippen LogP contribution in [0.25, 0.3) is 16.8 Å². The average Bonchev–Trinajstić information content (AvgIpc) is 2.27. The fraction of sp³-hybridized carbons (Fsp3) is 0.0714. The first-order chi connectivity index (χ1) is 7.68. The highest BCUT2D eigenvalue weighted by atomic mass is 16.3. The smallest absolute Gasteiger partial charge is 0.186 e. The van der Waals surface area contributed by atoms with E-state index in [1.165, 1.54) is 0 Å². The molecule has 0 spiro atoms. The summed E-state index contributed by atoms with van der Waals surface area (Å²) in [7, 11) is 0. The van der Waals surface area contributed by atoms with E-state index < -0.39 is 0 Å². The molecule has 2 aromatic carbocycles. The van der Waals surface area contributed by atoms with E-state index in [0.29, 0.717) is 5.56 Å². The average molecular weight is 210 g/mol. The maximum atomic E-state index is 11.7. The van der Waals surface area contributed by atoms with Crippen LogP contribution in [0.15, 0.2) is 30.3 Å². The van der Waals surface area contributed by atoms with Crippen molar-refractivity contribution in [3.63, 3.8) is 0 Å². The third kappa shape index (κ3) is 1.04. The number of rotatable bonds is 0. The van der Waals surface area contributed by atoms with Crippen molar-refractivity contribution in [1.29, 1.82) is 0 Å². The highest BCUT2D eigenvalue weighted by Gasteiger charge is 2.17. The summed E-state index contributed by atoms with van der Waals surface area (Å²) < 4.78 is 0. The fourth-order valence-electron chi connectivity index (χ4n) is 2.28. The number of hydrogen-bond acceptors (Lipinski definition) is 2. The number of carbonyl (C=O) groups is 1. The van der Waals surface area contributed by atoms with Crippen molar-refractivity contribution < 1.29 is 9.90 Å². The highest BCUT2D eigenvalue weighted by Crippen LogP contribution is 2.35. The molecule has 1 aliphatic rings. The Morgan fingerprint density at radius 2 is 2.00 bits per heavy atom. The van der Waals surface area contributed by atoms with Crippen LogP contribution >= 0.6 is 0 Å². The van der Waals surface area contributed by atoms with Gasteiger partial charge in [0.25, 0.3) is 0 Å². The molecule has 0 unspecified atom stereocenters. The van der Waals surface area contributed by atoms with E-state index >= 15 is 0 Å². The number of aromatic hydroxyl groups is 1. The third-order valence-corrected chi connectivity index (χ3v) is 3.05. The monoisotopic (exact) mass is 210 g/mol. The SMILES string of the molecule is Cc1cc(O)c2cccc3c2c1C=CC3=O. The number of allylic oxidation sites excluding steroid dienone is 1. The Morgan fingerprint density at radius 3 is 2.81 bits per heavy atom. The zero-order chi connectivity index (χ0) is 11.3. The quantitative estimate of drug-likeness (QED) is 0.725. The minimum atomic E-state index is 0.00287. The molecule has 3 rings (SSSR count). The van der Waals surface area contributed by atoms with Gasteiger partial charge in [-0.05, 0) is 30.2 Å². The zero-order valence-corrected chi connectivity index (χ0v) is 8.82.